The number of fused-ring (bicyclic) bond motifs is 1. The smallest absolute Gasteiger partial charge is 0.200 e. The van der Waals surface area contributed by atoms with Crippen LogP contribution < -0.4 is 10.3 Å². The van der Waals surface area contributed by atoms with Crippen LogP contribution in [0, 0.1) is 6.92 Å². The minimum atomic E-state index is -0.0809. The maximum atomic E-state index is 12.4. The standard InChI is InChI=1S/C17H19NO3/c1-11-8-13(12(2)19)17-14(9-11)15(20)10-16(21-17)18-6-4-3-5-7-18/h8-10H,3-7H2,1-2H3. The van der Waals surface area contributed by atoms with Crippen molar-refractivity contribution in [2.24, 2.45) is 0 Å². The number of ketones is 1. The van der Waals surface area contributed by atoms with Crippen LogP contribution in [0.5, 0.6) is 0 Å². The van der Waals surface area contributed by atoms with Crippen molar-refractivity contribution in [1.82, 2.24) is 0 Å². The third-order valence-corrected chi connectivity index (χ3v) is 4.01. The zero-order chi connectivity index (χ0) is 15.0. The Bertz CT molecular complexity index is 754. The van der Waals surface area contributed by atoms with Crippen molar-refractivity contribution < 1.29 is 9.21 Å². The summed E-state index contributed by atoms with van der Waals surface area (Å²) < 4.78 is 5.93. The highest BCUT2D eigenvalue weighted by Gasteiger charge is 2.18. The zero-order valence-corrected chi connectivity index (χ0v) is 12.4. The van der Waals surface area contributed by atoms with Gasteiger partial charge in [-0.15, -0.1) is 0 Å². The number of aryl methyl sites for hydroxylation is 1. The molecule has 4 nitrogen and oxygen atoms in total. The summed E-state index contributed by atoms with van der Waals surface area (Å²) in [4.78, 5) is 26.3. The first kappa shape index (κ1) is 13.9. The van der Waals surface area contributed by atoms with E-state index in [9.17, 15) is 9.59 Å². The fraction of sp³-hybridized carbons (Fsp3) is 0.412. The van der Waals surface area contributed by atoms with E-state index in [4.69, 9.17) is 4.42 Å². The number of carbonyl (C=O) groups excluding carboxylic acids is 1. The number of rotatable bonds is 2. The number of piperidine rings is 1. The molecule has 0 radical (unpaired) electrons. The maximum Gasteiger partial charge on any atom is 0.200 e. The molecule has 0 amide bonds. The van der Waals surface area contributed by atoms with Crippen LogP contribution in [-0.2, 0) is 0 Å². The fourth-order valence-electron chi connectivity index (χ4n) is 2.92. The molecule has 0 atom stereocenters. The van der Waals surface area contributed by atoms with Gasteiger partial charge in [0.1, 0.15) is 0 Å². The Morgan fingerprint density at radius 3 is 2.52 bits per heavy atom. The molecule has 1 saturated heterocycles. The third kappa shape index (κ3) is 2.58. The van der Waals surface area contributed by atoms with Crippen molar-refractivity contribution in [3.63, 3.8) is 0 Å². The number of Topliss-reactive ketones (excluding diaryl/α,β-unsaturated/α-hetero) is 1. The van der Waals surface area contributed by atoms with Crippen molar-refractivity contribution in [3.8, 4) is 0 Å². The Kier molecular flexibility index (Phi) is 3.53. The van der Waals surface area contributed by atoms with Crippen LogP contribution in [0.25, 0.3) is 11.0 Å². The van der Waals surface area contributed by atoms with E-state index in [0.29, 0.717) is 22.4 Å². The summed E-state index contributed by atoms with van der Waals surface area (Å²) in [6.07, 6.45) is 3.43. The van der Waals surface area contributed by atoms with Gasteiger partial charge in [0, 0.05) is 19.2 Å². The van der Waals surface area contributed by atoms with Crippen LogP contribution in [0.3, 0.4) is 0 Å². The molecule has 0 unspecified atom stereocenters. The van der Waals surface area contributed by atoms with E-state index in [1.807, 2.05) is 6.92 Å². The summed E-state index contributed by atoms with van der Waals surface area (Å²) in [5.74, 6) is 0.501. The van der Waals surface area contributed by atoms with Gasteiger partial charge in [-0.2, -0.15) is 0 Å². The Morgan fingerprint density at radius 2 is 1.86 bits per heavy atom. The Hall–Kier alpha value is -2.10. The average Bonchev–Trinajstić information content (AvgIpc) is 2.48. The molecule has 0 N–H and O–H groups in total. The minimum absolute atomic E-state index is 0.0805. The lowest BCUT2D eigenvalue weighted by Crippen LogP contribution is -2.30. The van der Waals surface area contributed by atoms with Gasteiger partial charge < -0.3 is 9.32 Å². The largest absolute Gasteiger partial charge is 0.440 e. The monoisotopic (exact) mass is 285 g/mol. The van der Waals surface area contributed by atoms with Crippen LogP contribution in [0.2, 0.25) is 0 Å². The number of benzene rings is 1. The van der Waals surface area contributed by atoms with Gasteiger partial charge in [-0.25, -0.2) is 0 Å². The molecule has 1 fully saturated rings. The van der Waals surface area contributed by atoms with Crippen molar-refractivity contribution in [2.75, 3.05) is 18.0 Å². The molecular formula is C17H19NO3. The molecule has 1 aliphatic heterocycles. The summed E-state index contributed by atoms with van der Waals surface area (Å²) in [5, 5.41) is 0.487. The lowest BCUT2D eigenvalue weighted by molar-refractivity contribution is 0.101. The van der Waals surface area contributed by atoms with Gasteiger partial charge in [0.15, 0.2) is 22.7 Å². The molecule has 1 aliphatic rings. The van der Waals surface area contributed by atoms with Gasteiger partial charge in [-0.1, -0.05) is 0 Å². The Labute approximate surface area is 123 Å². The van der Waals surface area contributed by atoms with Crippen LogP contribution in [0.15, 0.2) is 27.4 Å². The molecule has 21 heavy (non-hydrogen) atoms. The lowest BCUT2D eigenvalue weighted by atomic mass is 10.0. The van der Waals surface area contributed by atoms with Gasteiger partial charge in [0.05, 0.1) is 10.9 Å². The van der Waals surface area contributed by atoms with E-state index in [-0.39, 0.29) is 11.2 Å². The maximum absolute atomic E-state index is 12.4. The number of anilines is 1. The summed E-state index contributed by atoms with van der Waals surface area (Å²) in [6, 6.07) is 5.12. The first-order valence-corrected chi connectivity index (χ1v) is 7.40. The summed E-state index contributed by atoms with van der Waals surface area (Å²) in [5.41, 5.74) is 1.72. The van der Waals surface area contributed by atoms with E-state index in [2.05, 4.69) is 4.90 Å². The number of carbonyl (C=O) groups is 1. The fourth-order valence-corrected chi connectivity index (χ4v) is 2.92. The predicted octanol–water partition coefficient (Wildman–Crippen LogP) is 3.29. The molecule has 0 bridgehead atoms. The second-order valence-corrected chi connectivity index (χ2v) is 5.74. The molecule has 4 heteroatoms. The predicted molar refractivity (Wildman–Crippen MR) is 83.3 cm³/mol. The van der Waals surface area contributed by atoms with E-state index >= 15 is 0 Å². The van der Waals surface area contributed by atoms with Crippen LogP contribution in [-0.4, -0.2) is 18.9 Å². The van der Waals surface area contributed by atoms with E-state index in [1.54, 1.807) is 18.2 Å². The molecule has 1 aromatic heterocycles. The van der Waals surface area contributed by atoms with Crippen LogP contribution >= 0.6 is 0 Å². The van der Waals surface area contributed by atoms with Crippen molar-refractivity contribution in [2.45, 2.75) is 33.1 Å². The van der Waals surface area contributed by atoms with Crippen LogP contribution in [0.4, 0.5) is 5.88 Å². The molecule has 0 aliphatic carbocycles. The molecule has 1 aromatic carbocycles. The highest BCUT2D eigenvalue weighted by atomic mass is 16.4. The zero-order valence-electron chi connectivity index (χ0n) is 12.4. The van der Waals surface area contributed by atoms with Crippen molar-refractivity contribution in [1.29, 1.82) is 0 Å². The second kappa shape index (κ2) is 5.35. The molecule has 3 rings (SSSR count). The number of hydrogen-bond donors (Lipinski definition) is 0. The highest BCUT2D eigenvalue weighted by Crippen LogP contribution is 2.26. The van der Waals surface area contributed by atoms with Crippen molar-refractivity contribution >= 4 is 22.6 Å². The van der Waals surface area contributed by atoms with Crippen molar-refractivity contribution in [3.05, 3.63) is 39.5 Å². The van der Waals surface area contributed by atoms with Gasteiger partial charge >= 0.3 is 0 Å². The highest BCUT2D eigenvalue weighted by molar-refractivity contribution is 6.05. The number of hydrogen-bond acceptors (Lipinski definition) is 4. The molecular weight excluding hydrogens is 266 g/mol. The average molecular weight is 285 g/mol. The first-order chi connectivity index (χ1) is 10.1. The van der Waals surface area contributed by atoms with Gasteiger partial charge in [0.2, 0.25) is 0 Å². The van der Waals surface area contributed by atoms with E-state index < -0.39 is 0 Å². The van der Waals surface area contributed by atoms with Crippen LogP contribution in [0.1, 0.15) is 42.1 Å². The van der Waals surface area contributed by atoms with Gasteiger partial charge in [-0.05, 0) is 50.8 Å². The Morgan fingerprint density at radius 1 is 1.14 bits per heavy atom. The Balaban J connectivity index is 2.22. The molecule has 2 aromatic rings. The molecule has 2 heterocycles. The second-order valence-electron chi connectivity index (χ2n) is 5.74. The first-order valence-electron chi connectivity index (χ1n) is 7.40. The topological polar surface area (TPSA) is 50.5 Å². The third-order valence-electron chi connectivity index (χ3n) is 4.01. The quantitative estimate of drug-likeness (QED) is 0.794. The van der Waals surface area contributed by atoms with Gasteiger partial charge in [0.25, 0.3) is 0 Å². The molecule has 110 valence electrons. The minimum Gasteiger partial charge on any atom is -0.440 e. The van der Waals surface area contributed by atoms with E-state index in [1.165, 1.54) is 13.3 Å². The van der Waals surface area contributed by atoms with E-state index in [0.717, 1.165) is 31.5 Å². The lowest BCUT2D eigenvalue weighted by Gasteiger charge is -2.27. The SMILES string of the molecule is CC(=O)c1cc(C)cc2c(=O)cc(N3CCCCC3)oc12. The summed E-state index contributed by atoms with van der Waals surface area (Å²) in [6.45, 7) is 5.18. The summed E-state index contributed by atoms with van der Waals surface area (Å²) >= 11 is 0. The normalized spacial score (nSPS) is 15.4. The summed E-state index contributed by atoms with van der Waals surface area (Å²) in [7, 11) is 0. The number of nitrogens with zero attached hydrogens (tertiary/aromatic N) is 1. The van der Waals surface area contributed by atoms with Gasteiger partial charge in [-0.3, -0.25) is 9.59 Å². The molecule has 0 spiro atoms. The molecule has 0 saturated carbocycles.